The summed E-state index contributed by atoms with van der Waals surface area (Å²) in [5.41, 5.74) is 1.06. The minimum Gasteiger partial charge on any atom is -0.316 e. The van der Waals surface area contributed by atoms with E-state index in [9.17, 15) is 13.2 Å². The predicted octanol–water partition coefficient (Wildman–Crippen LogP) is 5.90. The quantitative estimate of drug-likeness (QED) is 0.524. The van der Waals surface area contributed by atoms with Gasteiger partial charge in [-0.05, 0) is 48.5 Å². The highest BCUT2D eigenvalue weighted by Gasteiger charge is 2.30. The second-order valence-electron chi connectivity index (χ2n) is 5.09. The van der Waals surface area contributed by atoms with Crippen molar-refractivity contribution in [1.82, 2.24) is 4.57 Å². The standard InChI is InChI=1S/C18H12ClF3N2/c19-14-5-2-6-15(11-14)23-12-17-8-3-9-24(17)16-7-1-4-13(10-16)18(20,21)22/h1-12H. The van der Waals surface area contributed by atoms with Crippen molar-refractivity contribution in [2.45, 2.75) is 6.18 Å². The molecule has 1 aromatic heterocycles. The lowest BCUT2D eigenvalue weighted by Gasteiger charge is -2.11. The number of rotatable bonds is 3. The lowest BCUT2D eigenvalue weighted by molar-refractivity contribution is -0.137. The van der Waals surface area contributed by atoms with Gasteiger partial charge in [-0.2, -0.15) is 13.2 Å². The Morgan fingerprint density at radius 1 is 0.958 bits per heavy atom. The molecule has 0 unspecified atom stereocenters. The smallest absolute Gasteiger partial charge is 0.316 e. The van der Waals surface area contributed by atoms with Crippen molar-refractivity contribution < 1.29 is 13.2 Å². The second kappa shape index (κ2) is 6.53. The lowest BCUT2D eigenvalue weighted by Crippen LogP contribution is -2.06. The van der Waals surface area contributed by atoms with Gasteiger partial charge in [-0.1, -0.05) is 23.7 Å². The zero-order chi connectivity index (χ0) is 17.2. The van der Waals surface area contributed by atoms with Gasteiger partial charge < -0.3 is 4.57 Å². The molecule has 2 aromatic carbocycles. The van der Waals surface area contributed by atoms with Crippen molar-refractivity contribution in [3.63, 3.8) is 0 Å². The zero-order valence-electron chi connectivity index (χ0n) is 12.3. The number of halogens is 4. The molecular formula is C18H12ClF3N2. The van der Waals surface area contributed by atoms with E-state index in [2.05, 4.69) is 4.99 Å². The van der Waals surface area contributed by atoms with Crippen LogP contribution in [0.3, 0.4) is 0 Å². The molecule has 24 heavy (non-hydrogen) atoms. The molecule has 1 heterocycles. The van der Waals surface area contributed by atoms with E-state index >= 15 is 0 Å². The molecule has 0 spiro atoms. The van der Waals surface area contributed by atoms with Gasteiger partial charge in [-0.15, -0.1) is 0 Å². The van der Waals surface area contributed by atoms with Gasteiger partial charge in [-0.25, -0.2) is 0 Å². The molecule has 0 fully saturated rings. The molecule has 3 rings (SSSR count). The maximum atomic E-state index is 12.9. The van der Waals surface area contributed by atoms with Crippen LogP contribution < -0.4 is 0 Å². The van der Waals surface area contributed by atoms with Crippen LogP contribution in [0.15, 0.2) is 71.9 Å². The molecule has 0 amide bonds. The number of benzene rings is 2. The fraction of sp³-hybridized carbons (Fsp3) is 0.0556. The molecule has 0 saturated heterocycles. The molecule has 0 bridgehead atoms. The fourth-order valence-corrected chi connectivity index (χ4v) is 2.45. The van der Waals surface area contributed by atoms with Gasteiger partial charge in [0.2, 0.25) is 0 Å². The minimum absolute atomic E-state index is 0.419. The summed E-state index contributed by atoms with van der Waals surface area (Å²) in [5.74, 6) is 0. The van der Waals surface area contributed by atoms with E-state index in [0.29, 0.717) is 22.1 Å². The average Bonchev–Trinajstić information content (AvgIpc) is 3.01. The van der Waals surface area contributed by atoms with E-state index in [-0.39, 0.29) is 0 Å². The summed E-state index contributed by atoms with van der Waals surface area (Å²) in [7, 11) is 0. The normalized spacial score (nSPS) is 12.0. The van der Waals surface area contributed by atoms with E-state index in [1.54, 1.807) is 59.4 Å². The molecule has 122 valence electrons. The molecular weight excluding hydrogens is 337 g/mol. The van der Waals surface area contributed by atoms with E-state index in [4.69, 9.17) is 11.6 Å². The third-order valence-electron chi connectivity index (χ3n) is 3.39. The number of hydrogen-bond donors (Lipinski definition) is 0. The highest BCUT2D eigenvalue weighted by molar-refractivity contribution is 6.30. The van der Waals surface area contributed by atoms with E-state index < -0.39 is 11.7 Å². The fourth-order valence-electron chi connectivity index (χ4n) is 2.26. The van der Waals surface area contributed by atoms with Gasteiger partial charge in [0.05, 0.1) is 23.2 Å². The molecule has 0 saturated carbocycles. The first-order valence-electron chi connectivity index (χ1n) is 7.08. The molecule has 6 heteroatoms. The van der Waals surface area contributed by atoms with Crippen molar-refractivity contribution in [3.05, 3.63) is 83.1 Å². The number of nitrogens with zero attached hydrogens (tertiary/aromatic N) is 2. The number of hydrogen-bond acceptors (Lipinski definition) is 1. The van der Waals surface area contributed by atoms with Gasteiger partial charge in [0.25, 0.3) is 0 Å². The molecule has 0 aliphatic rings. The molecule has 0 aliphatic heterocycles. The third-order valence-corrected chi connectivity index (χ3v) is 3.62. The highest BCUT2D eigenvalue weighted by Crippen LogP contribution is 2.30. The summed E-state index contributed by atoms with van der Waals surface area (Å²) >= 11 is 5.91. The van der Waals surface area contributed by atoms with Crippen molar-refractivity contribution >= 4 is 23.5 Å². The first-order valence-corrected chi connectivity index (χ1v) is 7.46. The van der Waals surface area contributed by atoms with Crippen LogP contribution >= 0.6 is 11.6 Å². The minimum atomic E-state index is -4.38. The highest BCUT2D eigenvalue weighted by atomic mass is 35.5. The summed E-state index contributed by atoms with van der Waals surface area (Å²) in [5, 5.41) is 0.568. The summed E-state index contributed by atoms with van der Waals surface area (Å²) in [6.45, 7) is 0. The Labute approximate surface area is 141 Å². The first-order chi connectivity index (χ1) is 11.4. The maximum Gasteiger partial charge on any atom is 0.416 e. The third kappa shape index (κ3) is 3.68. The second-order valence-corrected chi connectivity index (χ2v) is 5.53. The Kier molecular flexibility index (Phi) is 4.44. The Morgan fingerprint density at radius 3 is 2.50 bits per heavy atom. The Hall–Kier alpha value is -2.53. The van der Waals surface area contributed by atoms with Crippen LogP contribution in [0.2, 0.25) is 5.02 Å². The van der Waals surface area contributed by atoms with Crippen LogP contribution in [0.1, 0.15) is 11.3 Å². The van der Waals surface area contributed by atoms with Gasteiger partial charge >= 0.3 is 6.18 Å². The van der Waals surface area contributed by atoms with Crippen LogP contribution in [-0.4, -0.2) is 10.8 Å². The monoisotopic (exact) mass is 348 g/mol. The van der Waals surface area contributed by atoms with Gasteiger partial charge in [0, 0.05) is 16.9 Å². The number of alkyl halides is 3. The Bertz CT molecular complexity index is 882. The first kappa shape index (κ1) is 16.3. The van der Waals surface area contributed by atoms with Crippen molar-refractivity contribution in [3.8, 4) is 5.69 Å². The molecule has 3 aromatic rings. The average molecular weight is 349 g/mol. The summed E-state index contributed by atoms with van der Waals surface area (Å²) < 4.78 is 40.2. The summed E-state index contributed by atoms with van der Waals surface area (Å²) in [6, 6.07) is 15.7. The molecule has 2 nitrogen and oxygen atoms in total. The van der Waals surface area contributed by atoms with Gasteiger partial charge in [0.1, 0.15) is 0 Å². The van der Waals surface area contributed by atoms with Crippen LogP contribution in [0.5, 0.6) is 0 Å². The predicted molar refractivity (Wildman–Crippen MR) is 89.5 cm³/mol. The van der Waals surface area contributed by atoms with Crippen LogP contribution in [-0.2, 0) is 6.18 Å². The van der Waals surface area contributed by atoms with Gasteiger partial charge in [-0.3, -0.25) is 4.99 Å². The SMILES string of the molecule is FC(F)(F)c1cccc(-n2cccc2C=Nc2cccc(Cl)c2)c1. The number of aromatic nitrogens is 1. The van der Waals surface area contributed by atoms with Crippen molar-refractivity contribution in [2.24, 2.45) is 4.99 Å². The summed E-state index contributed by atoms with van der Waals surface area (Å²) in [4.78, 5) is 4.31. The molecule has 0 aliphatic carbocycles. The van der Waals surface area contributed by atoms with E-state index in [1.165, 1.54) is 6.07 Å². The largest absolute Gasteiger partial charge is 0.416 e. The zero-order valence-corrected chi connectivity index (χ0v) is 13.1. The summed E-state index contributed by atoms with van der Waals surface area (Å²) in [6.07, 6.45) is -1.10. The van der Waals surface area contributed by atoms with Crippen molar-refractivity contribution in [1.29, 1.82) is 0 Å². The van der Waals surface area contributed by atoms with E-state index in [1.807, 2.05) is 0 Å². The van der Waals surface area contributed by atoms with Crippen LogP contribution in [0.4, 0.5) is 18.9 Å². The Morgan fingerprint density at radius 2 is 1.75 bits per heavy atom. The van der Waals surface area contributed by atoms with Crippen LogP contribution in [0.25, 0.3) is 5.69 Å². The van der Waals surface area contributed by atoms with Crippen LogP contribution in [0, 0.1) is 0 Å². The van der Waals surface area contributed by atoms with E-state index in [0.717, 1.165) is 12.1 Å². The lowest BCUT2D eigenvalue weighted by atomic mass is 10.2. The topological polar surface area (TPSA) is 17.3 Å². The number of aliphatic imine (C=N–C) groups is 1. The maximum absolute atomic E-state index is 12.9. The molecule has 0 N–H and O–H groups in total. The Balaban J connectivity index is 1.94. The van der Waals surface area contributed by atoms with Gasteiger partial charge in [0.15, 0.2) is 0 Å². The van der Waals surface area contributed by atoms with Crippen molar-refractivity contribution in [2.75, 3.05) is 0 Å². The molecule has 0 atom stereocenters. The molecule has 0 radical (unpaired) electrons.